The van der Waals surface area contributed by atoms with Gasteiger partial charge in [0.15, 0.2) is 11.6 Å². The van der Waals surface area contributed by atoms with E-state index in [0.717, 1.165) is 17.7 Å². The quantitative estimate of drug-likeness (QED) is 0.0800. The third kappa shape index (κ3) is 8.01. The first-order valence-electron chi connectivity index (χ1n) is 13.9. The van der Waals surface area contributed by atoms with Crippen molar-refractivity contribution < 1.29 is 52.8 Å². The number of hydrogen-bond acceptors (Lipinski definition) is 14. The maximum atomic E-state index is 14.6. The Morgan fingerprint density at radius 2 is 1.53 bits per heavy atom. The highest BCUT2D eigenvalue weighted by Gasteiger charge is 2.27. The van der Waals surface area contributed by atoms with Crippen LogP contribution in [0, 0.1) is 18.6 Å². The number of halogens is 3. The van der Waals surface area contributed by atoms with Gasteiger partial charge in [0.25, 0.3) is 30.4 Å². The molecule has 51 heavy (non-hydrogen) atoms. The predicted molar refractivity (Wildman–Crippen MR) is 178 cm³/mol. The average Bonchev–Trinajstić information content (AvgIpc) is 3.00. The number of phenols is 1. The molecule has 5 aromatic rings. The second kappa shape index (κ2) is 13.6. The summed E-state index contributed by atoms with van der Waals surface area (Å²) in [6, 6.07) is 9.67. The molecule has 0 spiro atoms. The van der Waals surface area contributed by atoms with Gasteiger partial charge in [0.1, 0.15) is 27.0 Å². The van der Waals surface area contributed by atoms with Crippen molar-refractivity contribution in [1.29, 1.82) is 0 Å². The molecule has 0 aliphatic heterocycles. The summed E-state index contributed by atoms with van der Waals surface area (Å²) >= 11 is 6.20. The van der Waals surface area contributed by atoms with Crippen molar-refractivity contribution in [2.24, 2.45) is 10.2 Å². The Morgan fingerprint density at radius 1 is 0.843 bits per heavy atom. The van der Waals surface area contributed by atoms with Gasteiger partial charge in [0.2, 0.25) is 17.2 Å². The molecule has 0 aliphatic carbocycles. The number of phenolic OH excluding ortho intramolecular Hbond substituents is 1. The minimum absolute atomic E-state index is 0.0162. The maximum absolute atomic E-state index is 14.6. The molecule has 0 atom stereocenters. The van der Waals surface area contributed by atoms with Crippen LogP contribution in [0.4, 0.5) is 43.4 Å². The number of rotatable bonds is 10. The summed E-state index contributed by atoms with van der Waals surface area (Å²) < 4.78 is 130. The number of fused-ring (bicyclic) bond motifs is 1. The molecule has 0 unspecified atom stereocenters. The molecule has 4 aromatic carbocycles. The highest BCUT2D eigenvalue weighted by Crippen LogP contribution is 2.46. The van der Waals surface area contributed by atoms with E-state index in [1.165, 1.54) is 0 Å². The van der Waals surface area contributed by atoms with E-state index >= 15 is 0 Å². The molecule has 5 N–H and O–H groups in total. The van der Waals surface area contributed by atoms with Gasteiger partial charge in [-0.25, -0.2) is 8.78 Å². The van der Waals surface area contributed by atoms with Crippen LogP contribution in [-0.4, -0.2) is 65.5 Å². The van der Waals surface area contributed by atoms with Crippen LogP contribution in [0.5, 0.6) is 5.75 Å². The summed E-state index contributed by atoms with van der Waals surface area (Å²) in [5.74, 6) is -4.70. The smallest absolute Gasteiger partial charge is 0.297 e. The number of aromatic hydroxyl groups is 1. The van der Waals surface area contributed by atoms with Gasteiger partial charge in [-0.05, 0) is 66.7 Å². The van der Waals surface area contributed by atoms with E-state index in [4.69, 9.17) is 16.2 Å². The van der Waals surface area contributed by atoms with Gasteiger partial charge in [-0.3, -0.25) is 13.7 Å². The second-order valence-electron chi connectivity index (χ2n) is 10.4. The third-order valence-corrected chi connectivity index (χ3v) is 9.69. The monoisotopic (exact) mass is 785 g/mol. The van der Waals surface area contributed by atoms with Gasteiger partial charge in [-0.15, -0.1) is 10.2 Å². The molecule has 23 heteroatoms. The van der Waals surface area contributed by atoms with Crippen LogP contribution in [0.25, 0.3) is 10.8 Å². The lowest BCUT2D eigenvalue weighted by Gasteiger charge is -2.22. The standard InChI is InChI=1S/C28H22ClF2N7O10S3/c1-3-38(15-6-4-5-13(2)7-15)28-34-26(29)33-27(35-28)32-20-10-16(49(40,41)42)8-14-9-22(51(46,47)48)24(25(39)23(14)20)37-36-19-11-18(31)21(12-17(19)30)50(43,44)45/h4-12,39H,3H2,1-2H3,(H,40,41,42)(H,43,44,45)(H,46,47,48)(H,32,33,34,35). The number of aryl methyl sites for hydroxylation is 1. The SMILES string of the molecule is CCN(c1cccc(C)c1)c1nc(Cl)nc(Nc2cc(S(=O)(=O)O)cc3cc(S(=O)(=O)O)c(N=Nc4cc(F)c(S(=O)(=O)O)cc4F)c(O)c23)n1. The highest BCUT2D eigenvalue weighted by atomic mass is 35.5. The van der Waals surface area contributed by atoms with Crippen LogP contribution in [0.1, 0.15) is 12.5 Å². The van der Waals surface area contributed by atoms with Gasteiger partial charge in [-0.1, -0.05) is 12.1 Å². The predicted octanol–water partition coefficient (Wildman–Crippen LogP) is 6.03. The lowest BCUT2D eigenvalue weighted by Crippen LogP contribution is -2.20. The molecular formula is C28H22ClF2N7O10S3. The summed E-state index contributed by atoms with van der Waals surface area (Å²) in [6.45, 7) is 3.99. The summed E-state index contributed by atoms with van der Waals surface area (Å²) in [5, 5.41) is 19.6. The van der Waals surface area contributed by atoms with Gasteiger partial charge in [0.05, 0.1) is 10.6 Å². The zero-order chi connectivity index (χ0) is 37.6. The zero-order valence-corrected chi connectivity index (χ0v) is 28.9. The average molecular weight is 786 g/mol. The normalized spacial score (nSPS) is 12.5. The van der Waals surface area contributed by atoms with Gasteiger partial charge in [0, 0.05) is 29.8 Å². The van der Waals surface area contributed by atoms with E-state index < -0.39 is 90.3 Å². The van der Waals surface area contributed by atoms with E-state index in [0.29, 0.717) is 18.3 Å². The number of nitrogens with one attached hydrogen (secondary N) is 1. The Balaban J connectivity index is 1.73. The van der Waals surface area contributed by atoms with Crippen LogP contribution < -0.4 is 10.2 Å². The van der Waals surface area contributed by atoms with Gasteiger partial charge >= 0.3 is 0 Å². The number of azo groups is 1. The first-order valence-corrected chi connectivity index (χ1v) is 18.6. The molecule has 1 heterocycles. The van der Waals surface area contributed by atoms with E-state index in [-0.39, 0.29) is 29.3 Å². The molecule has 0 saturated heterocycles. The molecule has 0 amide bonds. The molecule has 0 aliphatic rings. The Kier molecular flexibility index (Phi) is 9.97. The highest BCUT2D eigenvalue weighted by molar-refractivity contribution is 7.86. The van der Waals surface area contributed by atoms with E-state index in [2.05, 4.69) is 30.5 Å². The largest absolute Gasteiger partial charge is 0.505 e. The minimum atomic E-state index is -5.35. The van der Waals surface area contributed by atoms with Crippen LogP contribution in [0.3, 0.4) is 0 Å². The van der Waals surface area contributed by atoms with Gasteiger partial charge in [-0.2, -0.15) is 40.2 Å². The molecule has 0 bridgehead atoms. The fourth-order valence-corrected chi connectivity index (χ4v) is 6.68. The van der Waals surface area contributed by atoms with Gasteiger partial charge < -0.3 is 15.3 Å². The second-order valence-corrected chi connectivity index (χ2v) is 15.0. The lowest BCUT2D eigenvalue weighted by molar-refractivity contribution is 0.469. The van der Waals surface area contributed by atoms with Crippen molar-refractivity contribution in [3.05, 3.63) is 77.1 Å². The van der Waals surface area contributed by atoms with Crippen LogP contribution in [0.2, 0.25) is 5.28 Å². The molecular weight excluding hydrogens is 764 g/mol. The molecule has 0 fully saturated rings. The van der Waals surface area contributed by atoms with Crippen LogP contribution >= 0.6 is 11.6 Å². The fourth-order valence-electron chi connectivity index (χ4n) is 4.77. The lowest BCUT2D eigenvalue weighted by atomic mass is 10.1. The minimum Gasteiger partial charge on any atom is -0.505 e. The third-order valence-electron chi connectivity index (χ3n) is 6.95. The summed E-state index contributed by atoms with van der Waals surface area (Å²) in [7, 11) is -15.6. The number of benzene rings is 4. The summed E-state index contributed by atoms with van der Waals surface area (Å²) in [4.78, 5) is 10.6. The van der Waals surface area contributed by atoms with Crippen molar-refractivity contribution >= 4 is 87.4 Å². The van der Waals surface area contributed by atoms with Crippen molar-refractivity contribution in [1.82, 2.24) is 15.0 Å². The Labute approximate surface area is 292 Å². The van der Waals surface area contributed by atoms with Crippen molar-refractivity contribution in [2.75, 3.05) is 16.8 Å². The van der Waals surface area contributed by atoms with Crippen molar-refractivity contribution in [3.63, 3.8) is 0 Å². The summed E-state index contributed by atoms with van der Waals surface area (Å²) in [6.07, 6.45) is 0. The van der Waals surface area contributed by atoms with Crippen LogP contribution in [-0.2, 0) is 30.4 Å². The van der Waals surface area contributed by atoms with Crippen molar-refractivity contribution in [3.8, 4) is 5.75 Å². The number of hydrogen-bond donors (Lipinski definition) is 5. The van der Waals surface area contributed by atoms with E-state index in [9.17, 15) is 48.2 Å². The van der Waals surface area contributed by atoms with Crippen LogP contribution in [0.15, 0.2) is 79.5 Å². The first kappa shape index (κ1) is 37.3. The van der Waals surface area contributed by atoms with E-state index in [1.807, 2.05) is 19.1 Å². The first-order chi connectivity index (χ1) is 23.7. The maximum Gasteiger partial charge on any atom is 0.297 e. The fraction of sp³-hybridized carbons (Fsp3) is 0.107. The number of anilines is 4. The molecule has 1 aromatic heterocycles. The molecule has 0 saturated carbocycles. The molecule has 268 valence electrons. The topological polar surface area (TPSA) is 262 Å². The Bertz CT molecular complexity index is 2610. The Morgan fingerprint density at radius 3 is 2.14 bits per heavy atom. The van der Waals surface area contributed by atoms with Crippen molar-refractivity contribution in [2.45, 2.75) is 28.5 Å². The molecule has 0 radical (unpaired) electrons. The number of nitrogens with zero attached hydrogens (tertiary/aromatic N) is 6. The molecule has 5 rings (SSSR count). The Hall–Kier alpha value is -4.97. The zero-order valence-electron chi connectivity index (χ0n) is 25.7. The van der Waals surface area contributed by atoms with E-state index in [1.54, 1.807) is 24.0 Å². The number of aromatic nitrogens is 3. The summed E-state index contributed by atoms with van der Waals surface area (Å²) in [5.41, 5.74) is -0.968. The molecule has 17 nitrogen and oxygen atoms in total.